The lowest BCUT2D eigenvalue weighted by molar-refractivity contribution is -0.121. The van der Waals surface area contributed by atoms with Gasteiger partial charge in [0.05, 0.1) is 4.90 Å². The van der Waals surface area contributed by atoms with Crippen molar-refractivity contribution < 1.29 is 13.2 Å². The van der Waals surface area contributed by atoms with Crippen molar-refractivity contribution in [2.24, 2.45) is 5.14 Å². The topological polar surface area (TPSA) is 89.3 Å². The van der Waals surface area contributed by atoms with Crippen LogP contribution in [0.1, 0.15) is 36.0 Å². The van der Waals surface area contributed by atoms with Crippen molar-refractivity contribution in [3.8, 4) is 0 Å². The fourth-order valence-electron chi connectivity index (χ4n) is 2.66. The van der Waals surface area contributed by atoms with Gasteiger partial charge in [-0.25, -0.2) is 13.6 Å². The molecule has 0 radical (unpaired) electrons. The molecule has 3 N–H and O–H groups in total. The molecular formula is C20H26N2O3S. The summed E-state index contributed by atoms with van der Waals surface area (Å²) in [5.74, 6) is 0.0710. The summed E-state index contributed by atoms with van der Waals surface area (Å²) in [6.45, 7) is 2.67. The maximum atomic E-state index is 11.9. The molecule has 1 amide bonds. The summed E-state index contributed by atoms with van der Waals surface area (Å²) in [6.07, 6.45) is 3.85. The molecule has 0 atom stereocenters. The van der Waals surface area contributed by atoms with E-state index < -0.39 is 10.0 Å². The van der Waals surface area contributed by atoms with E-state index in [-0.39, 0.29) is 10.8 Å². The van der Waals surface area contributed by atoms with E-state index in [2.05, 4.69) is 36.5 Å². The lowest BCUT2D eigenvalue weighted by Crippen LogP contribution is -2.24. The Hall–Kier alpha value is -2.18. The Labute approximate surface area is 155 Å². The van der Waals surface area contributed by atoms with Gasteiger partial charge in [0.2, 0.25) is 15.9 Å². The molecule has 2 rings (SSSR count). The third-order valence-electron chi connectivity index (χ3n) is 4.21. The largest absolute Gasteiger partial charge is 0.356 e. The number of benzene rings is 2. The highest BCUT2D eigenvalue weighted by molar-refractivity contribution is 7.89. The monoisotopic (exact) mass is 374 g/mol. The van der Waals surface area contributed by atoms with Gasteiger partial charge >= 0.3 is 0 Å². The first-order chi connectivity index (χ1) is 12.3. The van der Waals surface area contributed by atoms with Gasteiger partial charge in [0.25, 0.3) is 0 Å². The number of sulfonamides is 1. The summed E-state index contributed by atoms with van der Waals surface area (Å²) in [4.78, 5) is 12.0. The molecule has 0 saturated heterocycles. The van der Waals surface area contributed by atoms with E-state index >= 15 is 0 Å². The highest BCUT2D eigenvalue weighted by Gasteiger charge is 2.06. The van der Waals surface area contributed by atoms with Crippen molar-refractivity contribution in [1.29, 1.82) is 0 Å². The molecule has 6 heteroatoms. The number of carbonyl (C=O) groups is 1. The molecule has 0 spiro atoms. The normalized spacial score (nSPS) is 11.3. The molecule has 2 aromatic carbocycles. The minimum atomic E-state index is -3.64. The number of hydrogen-bond acceptors (Lipinski definition) is 3. The Balaban J connectivity index is 1.61. The van der Waals surface area contributed by atoms with Crippen molar-refractivity contribution in [2.45, 2.75) is 43.9 Å². The van der Waals surface area contributed by atoms with E-state index in [9.17, 15) is 13.2 Å². The average Bonchev–Trinajstić information content (AvgIpc) is 2.60. The first kappa shape index (κ1) is 20.1. The van der Waals surface area contributed by atoms with Gasteiger partial charge in [-0.3, -0.25) is 4.79 Å². The van der Waals surface area contributed by atoms with Gasteiger partial charge < -0.3 is 5.32 Å². The lowest BCUT2D eigenvalue weighted by Gasteiger charge is -2.06. The molecule has 0 unspecified atom stereocenters. The van der Waals surface area contributed by atoms with Crippen molar-refractivity contribution in [3.05, 3.63) is 65.2 Å². The highest BCUT2D eigenvalue weighted by Crippen LogP contribution is 2.10. The van der Waals surface area contributed by atoms with Gasteiger partial charge in [-0.1, -0.05) is 42.0 Å². The van der Waals surface area contributed by atoms with Gasteiger partial charge in [0, 0.05) is 13.0 Å². The quantitative estimate of drug-likeness (QED) is 0.661. The summed E-state index contributed by atoms with van der Waals surface area (Å²) in [5.41, 5.74) is 3.52. The Bertz CT molecular complexity index is 813. The van der Waals surface area contributed by atoms with Crippen LogP contribution in [0.2, 0.25) is 0 Å². The summed E-state index contributed by atoms with van der Waals surface area (Å²) in [5, 5.41) is 8.00. The van der Waals surface area contributed by atoms with E-state index in [4.69, 9.17) is 5.14 Å². The standard InChI is InChI=1S/C20H26N2O3S/c1-16-7-9-17(10-8-16)4-2-6-20(23)22-15-3-5-18-11-13-19(14-12-18)26(21,24)25/h7-14H,2-6,15H2,1H3,(H,22,23)(H2,21,24,25). The van der Waals surface area contributed by atoms with E-state index in [1.54, 1.807) is 12.1 Å². The van der Waals surface area contributed by atoms with Crippen LogP contribution in [0, 0.1) is 6.92 Å². The number of hydrogen-bond donors (Lipinski definition) is 2. The molecular weight excluding hydrogens is 348 g/mol. The molecule has 5 nitrogen and oxygen atoms in total. The van der Waals surface area contributed by atoms with Crippen LogP contribution in [-0.4, -0.2) is 20.9 Å². The number of nitrogens with two attached hydrogens (primary N) is 1. The fraction of sp³-hybridized carbons (Fsp3) is 0.350. The Kier molecular flexibility index (Phi) is 7.36. The van der Waals surface area contributed by atoms with Gasteiger partial charge in [-0.15, -0.1) is 0 Å². The number of rotatable bonds is 9. The van der Waals surface area contributed by atoms with Crippen LogP contribution in [-0.2, 0) is 27.7 Å². The zero-order valence-corrected chi connectivity index (χ0v) is 15.9. The zero-order chi connectivity index (χ0) is 19.0. The summed E-state index contributed by atoms with van der Waals surface area (Å²) < 4.78 is 22.4. The zero-order valence-electron chi connectivity index (χ0n) is 15.1. The minimum absolute atomic E-state index is 0.0710. The van der Waals surface area contributed by atoms with Crippen LogP contribution in [0.5, 0.6) is 0 Å². The fourth-order valence-corrected chi connectivity index (χ4v) is 3.18. The van der Waals surface area contributed by atoms with Gasteiger partial charge in [0.15, 0.2) is 0 Å². The number of primary sulfonamides is 1. The van der Waals surface area contributed by atoms with Crippen LogP contribution in [0.25, 0.3) is 0 Å². The Morgan fingerprint density at radius 3 is 2.04 bits per heavy atom. The van der Waals surface area contributed by atoms with Gasteiger partial charge in [-0.05, 0) is 55.9 Å². The summed E-state index contributed by atoms with van der Waals surface area (Å²) in [7, 11) is -3.64. The predicted octanol–water partition coefficient (Wildman–Crippen LogP) is 2.71. The van der Waals surface area contributed by atoms with E-state index in [1.807, 2.05) is 0 Å². The SMILES string of the molecule is Cc1ccc(CCCC(=O)NCCCc2ccc(S(N)(=O)=O)cc2)cc1. The van der Waals surface area contributed by atoms with E-state index in [1.165, 1.54) is 23.3 Å². The summed E-state index contributed by atoms with van der Waals surface area (Å²) in [6, 6.07) is 14.9. The van der Waals surface area contributed by atoms with E-state index in [0.29, 0.717) is 13.0 Å². The second-order valence-electron chi connectivity index (χ2n) is 6.48. The molecule has 0 aliphatic rings. The molecule has 140 valence electrons. The van der Waals surface area contributed by atoms with Crippen molar-refractivity contribution in [3.63, 3.8) is 0 Å². The third kappa shape index (κ3) is 6.98. The van der Waals surface area contributed by atoms with Gasteiger partial charge in [0.1, 0.15) is 0 Å². The van der Waals surface area contributed by atoms with E-state index in [0.717, 1.165) is 31.2 Å². The molecule has 2 aromatic rings. The second-order valence-corrected chi connectivity index (χ2v) is 8.04. The predicted molar refractivity (Wildman–Crippen MR) is 103 cm³/mol. The first-order valence-corrected chi connectivity index (χ1v) is 10.3. The molecule has 0 saturated carbocycles. The van der Waals surface area contributed by atoms with Crippen molar-refractivity contribution in [1.82, 2.24) is 5.32 Å². The Morgan fingerprint density at radius 1 is 0.923 bits per heavy atom. The molecule has 0 fully saturated rings. The number of aryl methyl sites for hydroxylation is 3. The Morgan fingerprint density at radius 2 is 1.46 bits per heavy atom. The molecule has 0 bridgehead atoms. The van der Waals surface area contributed by atoms with Crippen LogP contribution in [0.4, 0.5) is 0 Å². The molecule has 0 aliphatic carbocycles. The maximum Gasteiger partial charge on any atom is 0.238 e. The van der Waals surface area contributed by atoms with Crippen LogP contribution < -0.4 is 10.5 Å². The average molecular weight is 375 g/mol. The number of carbonyl (C=O) groups excluding carboxylic acids is 1. The van der Waals surface area contributed by atoms with Crippen molar-refractivity contribution in [2.75, 3.05) is 6.54 Å². The second kappa shape index (κ2) is 9.50. The van der Waals surface area contributed by atoms with Crippen molar-refractivity contribution >= 4 is 15.9 Å². The number of amides is 1. The molecule has 26 heavy (non-hydrogen) atoms. The summed E-state index contributed by atoms with van der Waals surface area (Å²) >= 11 is 0. The van der Waals surface area contributed by atoms with Gasteiger partial charge in [-0.2, -0.15) is 0 Å². The van der Waals surface area contributed by atoms with Crippen LogP contribution in [0.15, 0.2) is 53.4 Å². The van der Waals surface area contributed by atoms with Crippen LogP contribution >= 0.6 is 0 Å². The first-order valence-electron chi connectivity index (χ1n) is 8.78. The minimum Gasteiger partial charge on any atom is -0.356 e. The lowest BCUT2D eigenvalue weighted by atomic mass is 10.1. The highest BCUT2D eigenvalue weighted by atomic mass is 32.2. The third-order valence-corrected chi connectivity index (χ3v) is 5.14. The molecule has 0 aliphatic heterocycles. The smallest absolute Gasteiger partial charge is 0.238 e. The molecule has 0 aromatic heterocycles. The van der Waals surface area contributed by atoms with Crippen LogP contribution in [0.3, 0.4) is 0 Å². The molecule has 0 heterocycles. The number of nitrogens with one attached hydrogen (secondary N) is 1. The maximum absolute atomic E-state index is 11.9.